The quantitative estimate of drug-likeness (QED) is 0.848. The Balaban J connectivity index is 1.92. The lowest BCUT2D eigenvalue weighted by molar-refractivity contribution is 0.0916. The molecule has 4 nitrogen and oxygen atoms in total. The summed E-state index contributed by atoms with van der Waals surface area (Å²) >= 11 is 4.72. The molecule has 0 aliphatic rings. The van der Waals surface area contributed by atoms with Crippen LogP contribution in [0.25, 0.3) is 0 Å². The smallest absolute Gasteiger partial charge is 0.251 e. The van der Waals surface area contributed by atoms with Gasteiger partial charge in [-0.05, 0) is 50.5 Å². The third-order valence-electron chi connectivity index (χ3n) is 2.37. The summed E-state index contributed by atoms with van der Waals surface area (Å²) < 4.78 is 0.605. The van der Waals surface area contributed by atoms with Crippen molar-refractivity contribution in [2.45, 2.75) is 6.10 Å². The fourth-order valence-electron chi connectivity index (χ4n) is 1.42. The molecule has 6 heteroatoms. The van der Waals surface area contributed by atoms with Gasteiger partial charge in [0.1, 0.15) is 4.60 Å². The van der Waals surface area contributed by atoms with Gasteiger partial charge in [0.2, 0.25) is 0 Å². The molecule has 1 atom stereocenters. The number of nitrogens with zero attached hydrogens (tertiary/aromatic N) is 1. The number of aromatic nitrogens is 1. The molecule has 0 saturated carbocycles. The van der Waals surface area contributed by atoms with Crippen molar-refractivity contribution in [1.29, 1.82) is 0 Å². The van der Waals surface area contributed by atoms with Gasteiger partial charge in [-0.25, -0.2) is 4.98 Å². The van der Waals surface area contributed by atoms with Gasteiger partial charge >= 0.3 is 0 Å². The molecule has 0 aromatic carbocycles. The molecule has 18 heavy (non-hydrogen) atoms. The van der Waals surface area contributed by atoms with Crippen LogP contribution in [-0.2, 0) is 0 Å². The average Bonchev–Trinajstić information content (AvgIpc) is 2.89. The highest BCUT2D eigenvalue weighted by Crippen LogP contribution is 2.15. The van der Waals surface area contributed by atoms with Gasteiger partial charge in [-0.15, -0.1) is 0 Å². The Morgan fingerprint density at radius 3 is 3.06 bits per heavy atom. The SMILES string of the molecule is O=C(NCC(O)c1ccsc1)c1ccnc(Br)c1. The maximum absolute atomic E-state index is 11.8. The minimum absolute atomic E-state index is 0.190. The van der Waals surface area contributed by atoms with Crippen LogP contribution >= 0.6 is 27.3 Å². The number of aliphatic hydroxyl groups is 1. The summed E-state index contributed by atoms with van der Waals surface area (Å²) in [4.78, 5) is 15.7. The first-order valence-corrected chi connectivity index (χ1v) is 7.00. The van der Waals surface area contributed by atoms with Crippen molar-refractivity contribution in [2.75, 3.05) is 6.54 Å². The molecule has 2 aromatic rings. The molecule has 94 valence electrons. The largest absolute Gasteiger partial charge is 0.387 e. The van der Waals surface area contributed by atoms with Crippen molar-refractivity contribution in [1.82, 2.24) is 10.3 Å². The van der Waals surface area contributed by atoms with Crippen molar-refractivity contribution >= 4 is 33.2 Å². The maximum atomic E-state index is 11.8. The number of thiophene rings is 1. The summed E-state index contributed by atoms with van der Waals surface area (Å²) in [6, 6.07) is 5.09. The van der Waals surface area contributed by atoms with Crippen LogP contribution in [0.2, 0.25) is 0 Å². The molecule has 0 radical (unpaired) electrons. The molecule has 2 rings (SSSR count). The zero-order chi connectivity index (χ0) is 13.0. The van der Waals surface area contributed by atoms with E-state index in [-0.39, 0.29) is 12.5 Å². The number of carbonyl (C=O) groups is 1. The van der Waals surface area contributed by atoms with Gasteiger partial charge in [-0.2, -0.15) is 11.3 Å². The van der Waals surface area contributed by atoms with Gasteiger partial charge in [0.25, 0.3) is 5.91 Å². The predicted octanol–water partition coefficient (Wildman–Crippen LogP) is 2.37. The zero-order valence-corrected chi connectivity index (χ0v) is 11.7. The van der Waals surface area contributed by atoms with E-state index in [9.17, 15) is 9.90 Å². The Labute approximate surface area is 117 Å². The van der Waals surface area contributed by atoms with Crippen molar-refractivity contribution in [3.63, 3.8) is 0 Å². The van der Waals surface area contributed by atoms with E-state index in [1.54, 1.807) is 18.3 Å². The third-order valence-corrected chi connectivity index (χ3v) is 3.51. The highest BCUT2D eigenvalue weighted by Gasteiger charge is 2.11. The van der Waals surface area contributed by atoms with Crippen molar-refractivity contribution in [3.05, 3.63) is 50.9 Å². The van der Waals surface area contributed by atoms with Crippen molar-refractivity contribution in [2.24, 2.45) is 0 Å². The lowest BCUT2D eigenvalue weighted by atomic mass is 10.2. The number of hydrogen-bond acceptors (Lipinski definition) is 4. The fourth-order valence-corrected chi connectivity index (χ4v) is 2.49. The molecule has 0 spiro atoms. The minimum Gasteiger partial charge on any atom is -0.387 e. The number of amides is 1. The summed E-state index contributed by atoms with van der Waals surface area (Å²) in [7, 11) is 0. The Morgan fingerprint density at radius 2 is 2.39 bits per heavy atom. The summed E-state index contributed by atoms with van der Waals surface area (Å²) in [6.07, 6.45) is 0.874. The number of carbonyl (C=O) groups excluding carboxylic acids is 1. The summed E-state index contributed by atoms with van der Waals surface area (Å²) in [5.41, 5.74) is 1.32. The van der Waals surface area contributed by atoms with Gasteiger partial charge in [-0.1, -0.05) is 0 Å². The van der Waals surface area contributed by atoms with E-state index in [0.717, 1.165) is 5.56 Å². The van der Waals surface area contributed by atoms with E-state index in [4.69, 9.17) is 0 Å². The molecule has 2 heterocycles. The molecule has 2 N–H and O–H groups in total. The van der Waals surface area contributed by atoms with Crippen LogP contribution in [0.1, 0.15) is 22.0 Å². The topological polar surface area (TPSA) is 62.2 Å². The number of rotatable bonds is 4. The van der Waals surface area contributed by atoms with Crippen LogP contribution in [0.3, 0.4) is 0 Å². The molecule has 0 aliphatic heterocycles. The predicted molar refractivity (Wildman–Crippen MR) is 73.5 cm³/mol. The van der Waals surface area contributed by atoms with Crippen molar-refractivity contribution < 1.29 is 9.90 Å². The van der Waals surface area contributed by atoms with Crippen LogP contribution < -0.4 is 5.32 Å². The first-order valence-electron chi connectivity index (χ1n) is 5.27. The van der Waals surface area contributed by atoms with Crippen LogP contribution in [0.15, 0.2) is 39.8 Å². The van der Waals surface area contributed by atoms with E-state index in [1.165, 1.54) is 11.3 Å². The van der Waals surface area contributed by atoms with E-state index in [1.807, 2.05) is 16.8 Å². The Kier molecular flexibility index (Phi) is 4.46. The van der Waals surface area contributed by atoms with Crippen LogP contribution in [-0.4, -0.2) is 22.5 Å². The molecule has 0 bridgehead atoms. The van der Waals surface area contributed by atoms with Gasteiger partial charge < -0.3 is 10.4 Å². The zero-order valence-electron chi connectivity index (χ0n) is 9.34. The van der Waals surface area contributed by atoms with Crippen LogP contribution in [0.4, 0.5) is 0 Å². The van der Waals surface area contributed by atoms with Gasteiger partial charge in [0.05, 0.1) is 6.10 Å². The highest BCUT2D eigenvalue weighted by atomic mass is 79.9. The average molecular weight is 327 g/mol. The number of hydrogen-bond donors (Lipinski definition) is 2. The van der Waals surface area contributed by atoms with Crippen LogP contribution in [0, 0.1) is 0 Å². The second kappa shape index (κ2) is 6.08. The summed E-state index contributed by atoms with van der Waals surface area (Å²) in [5, 5.41) is 16.3. The second-order valence-electron chi connectivity index (χ2n) is 3.65. The molecule has 2 aromatic heterocycles. The third kappa shape index (κ3) is 3.38. The normalized spacial score (nSPS) is 12.1. The molecule has 0 fully saturated rings. The fraction of sp³-hybridized carbons (Fsp3) is 0.167. The number of pyridine rings is 1. The van der Waals surface area contributed by atoms with E-state index < -0.39 is 6.10 Å². The Bertz CT molecular complexity index is 531. The molecule has 0 saturated heterocycles. The number of nitrogens with one attached hydrogen (secondary N) is 1. The molecule has 1 amide bonds. The van der Waals surface area contributed by atoms with E-state index in [0.29, 0.717) is 10.2 Å². The van der Waals surface area contributed by atoms with E-state index >= 15 is 0 Å². The minimum atomic E-state index is -0.675. The molecule has 0 aliphatic carbocycles. The first kappa shape index (κ1) is 13.2. The second-order valence-corrected chi connectivity index (χ2v) is 5.24. The van der Waals surface area contributed by atoms with Gasteiger partial charge in [0, 0.05) is 18.3 Å². The van der Waals surface area contributed by atoms with Gasteiger partial charge in [0.15, 0.2) is 0 Å². The highest BCUT2D eigenvalue weighted by molar-refractivity contribution is 9.10. The molecular formula is C12H11BrN2O2S. The Hall–Kier alpha value is -1.24. The first-order chi connectivity index (χ1) is 8.66. The lowest BCUT2D eigenvalue weighted by Crippen LogP contribution is -2.28. The van der Waals surface area contributed by atoms with E-state index in [2.05, 4.69) is 26.2 Å². The monoisotopic (exact) mass is 326 g/mol. The molecule has 1 unspecified atom stereocenters. The molecular weight excluding hydrogens is 316 g/mol. The Morgan fingerprint density at radius 1 is 1.56 bits per heavy atom. The van der Waals surface area contributed by atoms with Gasteiger partial charge in [-0.3, -0.25) is 4.79 Å². The van der Waals surface area contributed by atoms with Crippen LogP contribution in [0.5, 0.6) is 0 Å². The maximum Gasteiger partial charge on any atom is 0.251 e. The summed E-state index contributed by atoms with van der Waals surface area (Å²) in [6.45, 7) is 0.190. The number of halogens is 1. The standard InChI is InChI=1S/C12H11BrN2O2S/c13-11-5-8(1-3-14-11)12(17)15-6-10(16)9-2-4-18-7-9/h1-5,7,10,16H,6H2,(H,15,17). The lowest BCUT2D eigenvalue weighted by Gasteiger charge is -2.10. The summed E-state index contributed by atoms with van der Waals surface area (Å²) in [5.74, 6) is -0.229. The number of aliphatic hydroxyl groups excluding tert-OH is 1. The van der Waals surface area contributed by atoms with Crippen molar-refractivity contribution in [3.8, 4) is 0 Å².